The Kier molecular flexibility index (Phi) is 4.56. The third-order valence-electron chi connectivity index (χ3n) is 3.95. The maximum Gasteiger partial charge on any atom is 0.0638 e. The molecule has 1 fully saturated rings. The summed E-state index contributed by atoms with van der Waals surface area (Å²) in [5, 5.41) is 18.0. The van der Waals surface area contributed by atoms with Gasteiger partial charge in [0.05, 0.1) is 12.5 Å². The number of rotatable bonds is 4. The van der Waals surface area contributed by atoms with E-state index < -0.39 is 0 Å². The molecule has 86 valence electrons. The topological polar surface area (TPSA) is 47.3 Å². The quantitative estimate of drug-likeness (QED) is 0.769. The number of nitriles is 1. The normalized spacial score (nSPS) is 23.3. The van der Waals surface area contributed by atoms with Gasteiger partial charge in [0.2, 0.25) is 0 Å². The van der Waals surface area contributed by atoms with Crippen LogP contribution in [-0.2, 0) is 0 Å². The van der Waals surface area contributed by atoms with E-state index in [2.05, 4.69) is 24.8 Å². The summed E-state index contributed by atoms with van der Waals surface area (Å²) in [6.07, 6.45) is 3.80. The SMILES string of the molecule is CCC1(CO)CCN(C(C)CC#N)CC1. The Bertz CT molecular complexity index is 220. The maximum atomic E-state index is 9.40. The number of aliphatic hydroxyl groups excluding tert-OH is 1. The van der Waals surface area contributed by atoms with Crippen molar-refractivity contribution in [1.29, 1.82) is 5.26 Å². The first-order valence-corrected chi connectivity index (χ1v) is 5.89. The van der Waals surface area contributed by atoms with E-state index in [1.165, 1.54) is 0 Å². The van der Waals surface area contributed by atoms with Gasteiger partial charge in [0.25, 0.3) is 0 Å². The Hall–Kier alpha value is -0.590. The summed E-state index contributed by atoms with van der Waals surface area (Å²) < 4.78 is 0. The van der Waals surface area contributed by atoms with Gasteiger partial charge >= 0.3 is 0 Å². The van der Waals surface area contributed by atoms with Crippen LogP contribution in [0.1, 0.15) is 39.5 Å². The van der Waals surface area contributed by atoms with Gasteiger partial charge in [-0.1, -0.05) is 6.92 Å². The van der Waals surface area contributed by atoms with Crippen LogP contribution in [0.15, 0.2) is 0 Å². The second kappa shape index (κ2) is 5.48. The highest BCUT2D eigenvalue weighted by molar-refractivity contribution is 4.88. The lowest BCUT2D eigenvalue weighted by Gasteiger charge is -2.42. The molecule has 1 aliphatic rings. The van der Waals surface area contributed by atoms with Gasteiger partial charge in [0.1, 0.15) is 0 Å². The number of nitrogens with zero attached hydrogens (tertiary/aromatic N) is 2. The zero-order valence-corrected chi connectivity index (χ0v) is 9.87. The van der Waals surface area contributed by atoms with Crippen molar-refractivity contribution in [3.8, 4) is 6.07 Å². The molecule has 3 nitrogen and oxygen atoms in total. The van der Waals surface area contributed by atoms with Crippen LogP contribution in [-0.4, -0.2) is 35.7 Å². The summed E-state index contributed by atoms with van der Waals surface area (Å²) in [6, 6.07) is 2.59. The number of aliphatic hydroxyl groups is 1. The molecule has 0 aliphatic carbocycles. The fraction of sp³-hybridized carbons (Fsp3) is 0.917. The third-order valence-corrected chi connectivity index (χ3v) is 3.95. The molecule has 0 saturated carbocycles. The largest absolute Gasteiger partial charge is 0.396 e. The molecule has 0 radical (unpaired) electrons. The molecule has 0 aromatic rings. The molecule has 0 bridgehead atoms. The van der Waals surface area contributed by atoms with E-state index >= 15 is 0 Å². The Morgan fingerprint density at radius 2 is 2.07 bits per heavy atom. The first-order valence-electron chi connectivity index (χ1n) is 5.89. The Morgan fingerprint density at radius 1 is 1.47 bits per heavy atom. The molecule has 1 rings (SSSR count). The fourth-order valence-corrected chi connectivity index (χ4v) is 2.32. The lowest BCUT2D eigenvalue weighted by molar-refractivity contribution is 0.0281. The summed E-state index contributed by atoms with van der Waals surface area (Å²) in [5.74, 6) is 0. The molecule has 1 saturated heterocycles. The summed E-state index contributed by atoms with van der Waals surface area (Å²) >= 11 is 0. The van der Waals surface area contributed by atoms with E-state index in [-0.39, 0.29) is 5.41 Å². The predicted molar refractivity (Wildman–Crippen MR) is 60.3 cm³/mol. The Balaban J connectivity index is 2.45. The second-order valence-corrected chi connectivity index (χ2v) is 4.76. The zero-order valence-electron chi connectivity index (χ0n) is 9.87. The van der Waals surface area contributed by atoms with Crippen molar-refractivity contribution in [2.24, 2.45) is 5.41 Å². The minimum atomic E-state index is 0.156. The van der Waals surface area contributed by atoms with E-state index in [0.717, 1.165) is 32.4 Å². The summed E-state index contributed by atoms with van der Waals surface area (Å²) in [7, 11) is 0. The van der Waals surface area contributed by atoms with Crippen LogP contribution in [0.5, 0.6) is 0 Å². The average Bonchev–Trinajstić information content (AvgIpc) is 2.29. The molecule has 1 heterocycles. The van der Waals surface area contributed by atoms with E-state index in [1.807, 2.05) is 0 Å². The van der Waals surface area contributed by atoms with Crippen molar-refractivity contribution in [1.82, 2.24) is 4.90 Å². The van der Waals surface area contributed by atoms with Crippen LogP contribution in [0.3, 0.4) is 0 Å². The number of hydrogen-bond acceptors (Lipinski definition) is 3. The molecule has 3 heteroatoms. The lowest BCUT2D eigenvalue weighted by atomic mass is 9.76. The first-order chi connectivity index (χ1) is 7.17. The van der Waals surface area contributed by atoms with Gasteiger partial charge in [0, 0.05) is 12.6 Å². The molecule has 0 spiro atoms. The van der Waals surface area contributed by atoms with Crippen LogP contribution in [0.4, 0.5) is 0 Å². The number of hydrogen-bond donors (Lipinski definition) is 1. The van der Waals surface area contributed by atoms with Gasteiger partial charge in [0.15, 0.2) is 0 Å². The molecule has 0 aromatic carbocycles. The van der Waals surface area contributed by atoms with Crippen LogP contribution in [0, 0.1) is 16.7 Å². The van der Waals surface area contributed by atoms with E-state index in [9.17, 15) is 5.11 Å². The minimum absolute atomic E-state index is 0.156. The number of piperidine rings is 1. The monoisotopic (exact) mass is 210 g/mol. The highest BCUT2D eigenvalue weighted by atomic mass is 16.3. The Labute approximate surface area is 92.7 Å². The van der Waals surface area contributed by atoms with Gasteiger partial charge in [-0.05, 0) is 44.7 Å². The van der Waals surface area contributed by atoms with Gasteiger partial charge in [-0.3, -0.25) is 4.90 Å². The molecule has 1 N–H and O–H groups in total. The fourth-order valence-electron chi connectivity index (χ4n) is 2.32. The predicted octanol–water partition coefficient (Wildman–Crippen LogP) is 1.77. The standard InChI is InChI=1S/C12H22N2O/c1-3-12(10-15)5-8-14(9-6-12)11(2)4-7-13/h11,15H,3-6,8-10H2,1-2H3. The highest BCUT2D eigenvalue weighted by Gasteiger charge is 2.33. The number of likely N-dealkylation sites (tertiary alicyclic amines) is 1. The van der Waals surface area contributed by atoms with Gasteiger partial charge in [-0.25, -0.2) is 0 Å². The van der Waals surface area contributed by atoms with Crippen LogP contribution in [0.2, 0.25) is 0 Å². The smallest absolute Gasteiger partial charge is 0.0638 e. The Morgan fingerprint density at radius 3 is 2.47 bits per heavy atom. The van der Waals surface area contributed by atoms with Crippen LogP contribution >= 0.6 is 0 Å². The lowest BCUT2D eigenvalue weighted by Crippen LogP contribution is -2.45. The molecular weight excluding hydrogens is 188 g/mol. The van der Waals surface area contributed by atoms with E-state index in [4.69, 9.17) is 5.26 Å². The van der Waals surface area contributed by atoms with Gasteiger partial charge in [-0.2, -0.15) is 5.26 Å². The molecule has 1 aliphatic heterocycles. The minimum Gasteiger partial charge on any atom is -0.396 e. The van der Waals surface area contributed by atoms with Crippen LogP contribution in [0.25, 0.3) is 0 Å². The van der Waals surface area contributed by atoms with Crippen molar-refractivity contribution in [2.45, 2.75) is 45.6 Å². The molecular formula is C12H22N2O. The van der Waals surface area contributed by atoms with Crippen molar-refractivity contribution >= 4 is 0 Å². The van der Waals surface area contributed by atoms with Crippen LogP contribution < -0.4 is 0 Å². The summed E-state index contributed by atoms with van der Waals surface area (Å²) in [4.78, 5) is 2.37. The van der Waals surface area contributed by atoms with Crippen molar-refractivity contribution < 1.29 is 5.11 Å². The molecule has 15 heavy (non-hydrogen) atoms. The van der Waals surface area contributed by atoms with Crippen molar-refractivity contribution in [2.75, 3.05) is 19.7 Å². The van der Waals surface area contributed by atoms with Gasteiger partial charge < -0.3 is 5.11 Å². The molecule has 0 amide bonds. The van der Waals surface area contributed by atoms with E-state index in [1.54, 1.807) is 0 Å². The molecule has 1 unspecified atom stereocenters. The molecule has 0 aromatic heterocycles. The first kappa shape index (κ1) is 12.5. The van der Waals surface area contributed by atoms with Gasteiger partial charge in [-0.15, -0.1) is 0 Å². The molecule has 1 atom stereocenters. The van der Waals surface area contributed by atoms with E-state index in [0.29, 0.717) is 19.1 Å². The second-order valence-electron chi connectivity index (χ2n) is 4.76. The third kappa shape index (κ3) is 2.93. The summed E-state index contributed by atoms with van der Waals surface area (Å²) in [5.41, 5.74) is 0.156. The highest BCUT2D eigenvalue weighted by Crippen LogP contribution is 2.34. The average molecular weight is 210 g/mol. The zero-order chi connectivity index (χ0) is 11.3. The van der Waals surface area contributed by atoms with Crippen molar-refractivity contribution in [3.05, 3.63) is 0 Å². The summed E-state index contributed by atoms with van der Waals surface area (Å²) in [6.45, 7) is 6.63. The maximum absolute atomic E-state index is 9.40. The van der Waals surface area contributed by atoms with Crippen molar-refractivity contribution in [3.63, 3.8) is 0 Å².